The third-order valence-corrected chi connectivity index (χ3v) is 1.98. The molecule has 1 rings (SSSR count). The lowest BCUT2D eigenvalue weighted by Crippen LogP contribution is -2.33. The first kappa shape index (κ1) is 12.6. The van der Waals surface area contributed by atoms with Crippen LogP contribution in [-0.2, 0) is 17.9 Å². The molecular weight excluding hydrogens is 208 g/mol. The predicted molar refractivity (Wildman–Crippen MR) is 59.5 cm³/mol. The Morgan fingerprint density at radius 1 is 1.62 bits per heavy atom. The van der Waals surface area contributed by atoms with E-state index in [1.54, 1.807) is 6.20 Å². The normalized spacial score (nSPS) is 10.8. The monoisotopic (exact) mass is 226 g/mol. The summed E-state index contributed by atoms with van der Waals surface area (Å²) in [6.07, 6.45) is 1.67. The molecule has 1 aromatic heterocycles. The third kappa shape index (κ3) is 4.37. The second-order valence-corrected chi connectivity index (χ2v) is 3.76. The van der Waals surface area contributed by atoms with Gasteiger partial charge in [0.1, 0.15) is 6.54 Å². The van der Waals surface area contributed by atoms with Crippen LogP contribution in [0.2, 0.25) is 0 Å². The van der Waals surface area contributed by atoms with Crippen molar-refractivity contribution in [1.29, 1.82) is 0 Å². The van der Waals surface area contributed by atoms with Crippen molar-refractivity contribution in [2.45, 2.75) is 13.1 Å². The summed E-state index contributed by atoms with van der Waals surface area (Å²) in [5.41, 5.74) is 6.07. The molecule has 90 valence electrons. The van der Waals surface area contributed by atoms with Gasteiger partial charge in [0.05, 0.1) is 11.9 Å². The van der Waals surface area contributed by atoms with Crippen LogP contribution in [0.15, 0.2) is 6.20 Å². The molecule has 0 aliphatic rings. The Balaban J connectivity index is 2.28. The molecule has 0 atom stereocenters. The number of hydrogen-bond donors (Lipinski definition) is 2. The van der Waals surface area contributed by atoms with Crippen LogP contribution in [-0.4, -0.2) is 53.0 Å². The van der Waals surface area contributed by atoms with Gasteiger partial charge in [0.15, 0.2) is 0 Å². The molecule has 7 nitrogen and oxygen atoms in total. The Labute approximate surface area is 94.6 Å². The molecule has 0 aliphatic carbocycles. The molecule has 0 fully saturated rings. The standard InChI is InChI=1S/C9H18N6O/c1-14(2)4-3-11-9(16)7-15-6-8(5-10)12-13-15/h6H,3-5,7,10H2,1-2H3,(H,11,16). The Hall–Kier alpha value is -1.47. The summed E-state index contributed by atoms with van der Waals surface area (Å²) < 4.78 is 1.48. The van der Waals surface area contributed by atoms with E-state index in [0.29, 0.717) is 18.8 Å². The molecule has 0 saturated carbocycles. The van der Waals surface area contributed by atoms with Crippen LogP contribution in [0, 0.1) is 0 Å². The predicted octanol–water partition coefficient (Wildman–Crippen LogP) is -1.59. The summed E-state index contributed by atoms with van der Waals surface area (Å²) in [6.45, 7) is 1.96. The zero-order valence-corrected chi connectivity index (χ0v) is 9.68. The molecule has 1 heterocycles. The lowest BCUT2D eigenvalue weighted by molar-refractivity contribution is -0.121. The van der Waals surface area contributed by atoms with Crippen LogP contribution in [0.4, 0.5) is 0 Å². The minimum absolute atomic E-state index is 0.0738. The Morgan fingerprint density at radius 3 is 2.94 bits per heavy atom. The first-order chi connectivity index (χ1) is 7.61. The van der Waals surface area contributed by atoms with E-state index in [-0.39, 0.29) is 12.5 Å². The van der Waals surface area contributed by atoms with Gasteiger partial charge in [-0.3, -0.25) is 4.79 Å². The number of aromatic nitrogens is 3. The molecule has 1 aromatic rings. The summed E-state index contributed by atoms with van der Waals surface area (Å²) in [6, 6.07) is 0. The van der Waals surface area contributed by atoms with E-state index in [4.69, 9.17) is 5.73 Å². The van der Waals surface area contributed by atoms with Crippen molar-refractivity contribution in [2.75, 3.05) is 27.2 Å². The molecule has 0 radical (unpaired) electrons. The maximum absolute atomic E-state index is 11.4. The van der Waals surface area contributed by atoms with Crippen LogP contribution >= 0.6 is 0 Å². The highest BCUT2D eigenvalue weighted by molar-refractivity contribution is 5.75. The van der Waals surface area contributed by atoms with Crippen molar-refractivity contribution in [3.05, 3.63) is 11.9 Å². The van der Waals surface area contributed by atoms with Crippen LogP contribution in [0.5, 0.6) is 0 Å². The van der Waals surface area contributed by atoms with E-state index in [2.05, 4.69) is 15.6 Å². The van der Waals surface area contributed by atoms with Gasteiger partial charge in [-0.1, -0.05) is 5.21 Å². The Kier molecular flexibility index (Phi) is 4.87. The number of nitrogens with one attached hydrogen (secondary N) is 1. The molecule has 0 saturated heterocycles. The summed E-state index contributed by atoms with van der Waals surface area (Å²) in [5.74, 6) is -0.0738. The van der Waals surface area contributed by atoms with Crippen LogP contribution < -0.4 is 11.1 Å². The molecular formula is C9H18N6O. The van der Waals surface area contributed by atoms with Gasteiger partial charge in [-0.25, -0.2) is 4.68 Å². The van der Waals surface area contributed by atoms with Gasteiger partial charge in [0.2, 0.25) is 5.91 Å². The summed E-state index contributed by atoms with van der Waals surface area (Å²) in [7, 11) is 3.91. The van der Waals surface area contributed by atoms with Gasteiger partial charge in [-0.2, -0.15) is 0 Å². The Morgan fingerprint density at radius 2 is 2.38 bits per heavy atom. The van der Waals surface area contributed by atoms with E-state index >= 15 is 0 Å². The fourth-order valence-corrected chi connectivity index (χ4v) is 1.13. The van der Waals surface area contributed by atoms with E-state index in [1.807, 2.05) is 19.0 Å². The van der Waals surface area contributed by atoms with Gasteiger partial charge in [0.25, 0.3) is 0 Å². The number of hydrogen-bond acceptors (Lipinski definition) is 5. The summed E-state index contributed by atoms with van der Waals surface area (Å²) in [4.78, 5) is 13.4. The topological polar surface area (TPSA) is 89.1 Å². The van der Waals surface area contributed by atoms with E-state index in [0.717, 1.165) is 6.54 Å². The lowest BCUT2D eigenvalue weighted by Gasteiger charge is -2.10. The van der Waals surface area contributed by atoms with Gasteiger partial charge in [-0.15, -0.1) is 5.10 Å². The molecule has 7 heteroatoms. The van der Waals surface area contributed by atoms with Gasteiger partial charge in [-0.05, 0) is 14.1 Å². The van der Waals surface area contributed by atoms with E-state index in [9.17, 15) is 4.79 Å². The van der Waals surface area contributed by atoms with Crippen molar-refractivity contribution < 1.29 is 4.79 Å². The summed E-state index contributed by atoms with van der Waals surface area (Å²) in [5, 5.41) is 10.4. The van der Waals surface area contributed by atoms with E-state index < -0.39 is 0 Å². The van der Waals surface area contributed by atoms with Crippen molar-refractivity contribution >= 4 is 5.91 Å². The van der Waals surface area contributed by atoms with Gasteiger partial charge < -0.3 is 16.0 Å². The lowest BCUT2D eigenvalue weighted by atomic mass is 10.5. The first-order valence-corrected chi connectivity index (χ1v) is 5.12. The molecule has 0 aromatic carbocycles. The first-order valence-electron chi connectivity index (χ1n) is 5.12. The molecule has 1 amide bonds. The highest BCUT2D eigenvalue weighted by Crippen LogP contribution is 1.90. The van der Waals surface area contributed by atoms with Crippen LogP contribution in [0.1, 0.15) is 5.69 Å². The molecule has 0 spiro atoms. The molecule has 0 unspecified atom stereocenters. The van der Waals surface area contributed by atoms with Crippen LogP contribution in [0.3, 0.4) is 0 Å². The SMILES string of the molecule is CN(C)CCNC(=O)Cn1cc(CN)nn1. The van der Waals surface area contributed by atoms with Crippen molar-refractivity contribution in [3.8, 4) is 0 Å². The van der Waals surface area contributed by atoms with Crippen molar-refractivity contribution in [2.24, 2.45) is 5.73 Å². The average Bonchev–Trinajstić information content (AvgIpc) is 2.65. The smallest absolute Gasteiger partial charge is 0.241 e. The zero-order chi connectivity index (χ0) is 12.0. The van der Waals surface area contributed by atoms with Gasteiger partial charge in [0, 0.05) is 19.6 Å². The van der Waals surface area contributed by atoms with Crippen LogP contribution in [0.25, 0.3) is 0 Å². The highest BCUT2D eigenvalue weighted by Gasteiger charge is 2.04. The molecule has 3 N–H and O–H groups in total. The fraction of sp³-hybridized carbons (Fsp3) is 0.667. The maximum Gasteiger partial charge on any atom is 0.241 e. The van der Waals surface area contributed by atoms with E-state index in [1.165, 1.54) is 4.68 Å². The number of carbonyl (C=O) groups excluding carboxylic acids is 1. The number of likely N-dealkylation sites (N-methyl/N-ethyl adjacent to an activating group) is 1. The Bertz CT molecular complexity index is 334. The highest BCUT2D eigenvalue weighted by atomic mass is 16.2. The number of nitrogens with zero attached hydrogens (tertiary/aromatic N) is 4. The number of rotatable bonds is 6. The third-order valence-electron chi connectivity index (χ3n) is 1.98. The second-order valence-electron chi connectivity index (χ2n) is 3.76. The maximum atomic E-state index is 11.4. The largest absolute Gasteiger partial charge is 0.353 e. The van der Waals surface area contributed by atoms with Gasteiger partial charge >= 0.3 is 0 Å². The number of amides is 1. The van der Waals surface area contributed by atoms with Crippen molar-refractivity contribution in [1.82, 2.24) is 25.2 Å². The number of nitrogens with two attached hydrogens (primary N) is 1. The van der Waals surface area contributed by atoms with Crippen molar-refractivity contribution in [3.63, 3.8) is 0 Å². The molecule has 0 aliphatic heterocycles. The minimum atomic E-state index is -0.0738. The summed E-state index contributed by atoms with van der Waals surface area (Å²) >= 11 is 0. The average molecular weight is 226 g/mol. The molecule has 0 bridgehead atoms. The quantitative estimate of drug-likeness (QED) is 0.611. The zero-order valence-electron chi connectivity index (χ0n) is 9.68. The minimum Gasteiger partial charge on any atom is -0.353 e. The number of carbonyl (C=O) groups is 1. The second kappa shape index (κ2) is 6.19. The molecule has 16 heavy (non-hydrogen) atoms. The fourth-order valence-electron chi connectivity index (χ4n) is 1.13.